The van der Waals surface area contributed by atoms with E-state index in [-0.39, 0.29) is 23.8 Å². The summed E-state index contributed by atoms with van der Waals surface area (Å²) in [7, 11) is -0.444. The van der Waals surface area contributed by atoms with Gasteiger partial charge in [-0.15, -0.1) is 0 Å². The van der Waals surface area contributed by atoms with E-state index < -0.39 is 10.2 Å². The van der Waals surface area contributed by atoms with Gasteiger partial charge in [0.15, 0.2) is 0 Å². The number of hydrogen-bond donors (Lipinski definition) is 1. The second-order valence-corrected chi connectivity index (χ2v) is 10.1. The summed E-state index contributed by atoms with van der Waals surface area (Å²) in [6.45, 7) is 2.63. The molecule has 0 bridgehead atoms. The summed E-state index contributed by atoms with van der Waals surface area (Å²) in [6.07, 6.45) is 3.14. The number of rotatable bonds is 6. The largest absolute Gasteiger partial charge is 0.381 e. The lowest BCUT2D eigenvalue weighted by molar-refractivity contribution is -0.126. The van der Waals surface area contributed by atoms with Crippen LogP contribution in [0, 0.1) is 5.92 Å². The molecular weight excluding hydrogens is 378 g/mol. The molecule has 1 N–H and O–H groups in total. The predicted molar refractivity (Wildman–Crippen MR) is 108 cm³/mol. The molecule has 1 aromatic carbocycles. The molecule has 2 heterocycles. The van der Waals surface area contributed by atoms with E-state index in [0.717, 1.165) is 12.8 Å². The third-order valence-electron chi connectivity index (χ3n) is 5.98. The molecule has 0 radical (unpaired) electrons. The Labute approximate surface area is 168 Å². The number of piperidine rings is 1. The predicted octanol–water partition coefficient (Wildman–Crippen LogP) is 1.37. The van der Waals surface area contributed by atoms with Crippen LogP contribution in [-0.2, 0) is 25.2 Å². The molecule has 0 saturated carbocycles. The number of benzene rings is 1. The van der Waals surface area contributed by atoms with E-state index in [2.05, 4.69) is 17.4 Å². The summed E-state index contributed by atoms with van der Waals surface area (Å²) in [5.74, 6) is -0.364. The van der Waals surface area contributed by atoms with Gasteiger partial charge < -0.3 is 10.1 Å². The van der Waals surface area contributed by atoms with Gasteiger partial charge in [-0.2, -0.15) is 17.0 Å². The van der Waals surface area contributed by atoms with Crippen LogP contribution < -0.4 is 5.32 Å². The van der Waals surface area contributed by atoms with Crippen molar-refractivity contribution in [2.24, 2.45) is 5.92 Å². The van der Waals surface area contributed by atoms with Crippen molar-refractivity contribution in [3.8, 4) is 0 Å². The Bertz CT molecular complexity index is 761. The van der Waals surface area contributed by atoms with Crippen molar-refractivity contribution in [3.63, 3.8) is 0 Å². The van der Waals surface area contributed by atoms with Gasteiger partial charge in [-0.1, -0.05) is 30.3 Å². The Kier molecular flexibility index (Phi) is 6.75. The Morgan fingerprint density at radius 2 is 1.93 bits per heavy atom. The van der Waals surface area contributed by atoms with E-state index in [4.69, 9.17) is 4.74 Å². The SMILES string of the molecule is CN(C)S(=O)(=O)N1CCCC(C(=O)NCC2(c3ccccc3)CCOCC2)C1. The number of nitrogens with zero attached hydrogens (tertiary/aromatic N) is 2. The normalized spacial score (nSPS) is 23.5. The maximum absolute atomic E-state index is 12.9. The zero-order valence-corrected chi connectivity index (χ0v) is 17.6. The second kappa shape index (κ2) is 8.90. The van der Waals surface area contributed by atoms with Gasteiger partial charge in [0.1, 0.15) is 0 Å². The minimum absolute atomic E-state index is 0.0551. The summed E-state index contributed by atoms with van der Waals surface area (Å²) in [4.78, 5) is 12.9. The third kappa shape index (κ3) is 4.56. The summed E-state index contributed by atoms with van der Waals surface area (Å²) in [5, 5.41) is 3.13. The fourth-order valence-electron chi connectivity index (χ4n) is 4.12. The van der Waals surface area contributed by atoms with E-state index in [1.54, 1.807) is 0 Å². The molecule has 156 valence electrons. The standard InChI is InChI=1S/C20H31N3O4S/c1-22(2)28(25,26)23-12-6-7-17(15-23)19(24)21-16-20(10-13-27-14-11-20)18-8-4-3-5-9-18/h3-5,8-9,17H,6-7,10-16H2,1-2H3,(H,21,24). The van der Waals surface area contributed by atoms with Crippen molar-refractivity contribution in [1.82, 2.24) is 13.9 Å². The van der Waals surface area contributed by atoms with E-state index in [9.17, 15) is 13.2 Å². The van der Waals surface area contributed by atoms with Crippen molar-refractivity contribution < 1.29 is 17.9 Å². The highest BCUT2D eigenvalue weighted by atomic mass is 32.2. The maximum Gasteiger partial charge on any atom is 0.281 e. The maximum atomic E-state index is 12.9. The molecule has 3 rings (SSSR count). The molecule has 2 aliphatic rings. The number of carbonyl (C=O) groups is 1. The van der Waals surface area contributed by atoms with Gasteiger partial charge in [-0.3, -0.25) is 4.79 Å². The van der Waals surface area contributed by atoms with Crippen molar-refractivity contribution >= 4 is 16.1 Å². The van der Waals surface area contributed by atoms with Crippen LogP contribution in [0.1, 0.15) is 31.2 Å². The smallest absolute Gasteiger partial charge is 0.281 e. The molecule has 1 aromatic rings. The summed E-state index contributed by atoms with van der Waals surface area (Å²) < 4.78 is 33.0. The fraction of sp³-hybridized carbons (Fsp3) is 0.650. The quantitative estimate of drug-likeness (QED) is 0.770. The van der Waals surface area contributed by atoms with Crippen LogP contribution in [0.4, 0.5) is 0 Å². The minimum Gasteiger partial charge on any atom is -0.381 e. The van der Waals surface area contributed by atoms with Crippen LogP contribution in [0.2, 0.25) is 0 Å². The zero-order chi connectivity index (χ0) is 20.2. The monoisotopic (exact) mass is 409 g/mol. The van der Waals surface area contributed by atoms with Gasteiger partial charge in [0, 0.05) is 52.4 Å². The van der Waals surface area contributed by atoms with Crippen molar-refractivity contribution in [1.29, 1.82) is 0 Å². The molecule has 1 atom stereocenters. The van der Waals surface area contributed by atoms with Crippen molar-refractivity contribution in [2.45, 2.75) is 31.1 Å². The van der Waals surface area contributed by atoms with E-state index >= 15 is 0 Å². The first-order chi connectivity index (χ1) is 13.3. The Balaban J connectivity index is 1.66. The van der Waals surface area contributed by atoms with Gasteiger partial charge in [0.2, 0.25) is 5.91 Å². The molecule has 8 heteroatoms. The third-order valence-corrected chi connectivity index (χ3v) is 7.89. The average Bonchev–Trinajstić information content (AvgIpc) is 2.73. The summed E-state index contributed by atoms with van der Waals surface area (Å²) in [5.41, 5.74) is 1.10. The Morgan fingerprint density at radius 3 is 2.57 bits per heavy atom. The highest BCUT2D eigenvalue weighted by molar-refractivity contribution is 7.86. The number of hydrogen-bond acceptors (Lipinski definition) is 4. The lowest BCUT2D eigenvalue weighted by Crippen LogP contribution is -2.51. The Morgan fingerprint density at radius 1 is 1.25 bits per heavy atom. The van der Waals surface area contributed by atoms with Gasteiger partial charge in [0.25, 0.3) is 10.2 Å². The van der Waals surface area contributed by atoms with Crippen LogP contribution >= 0.6 is 0 Å². The molecule has 0 aliphatic carbocycles. The van der Waals surface area contributed by atoms with Crippen LogP contribution in [-0.4, -0.2) is 69.9 Å². The Hall–Kier alpha value is -1.48. The molecule has 1 amide bonds. The molecule has 7 nitrogen and oxygen atoms in total. The number of nitrogens with one attached hydrogen (secondary N) is 1. The molecule has 28 heavy (non-hydrogen) atoms. The van der Waals surface area contributed by atoms with Crippen molar-refractivity contribution in [3.05, 3.63) is 35.9 Å². The van der Waals surface area contributed by atoms with E-state index in [0.29, 0.717) is 39.1 Å². The molecule has 2 aliphatic heterocycles. The van der Waals surface area contributed by atoms with Crippen LogP contribution in [0.25, 0.3) is 0 Å². The highest BCUT2D eigenvalue weighted by Crippen LogP contribution is 2.34. The molecule has 2 saturated heterocycles. The lowest BCUT2D eigenvalue weighted by atomic mass is 9.74. The van der Waals surface area contributed by atoms with Crippen LogP contribution in [0.5, 0.6) is 0 Å². The van der Waals surface area contributed by atoms with E-state index in [1.165, 1.54) is 28.3 Å². The average molecular weight is 410 g/mol. The van der Waals surface area contributed by atoms with Crippen LogP contribution in [0.3, 0.4) is 0 Å². The van der Waals surface area contributed by atoms with Crippen molar-refractivity contribution in [2.75, 3.05) is 46.9 Å². The second-order valence-electron chi connectivity index (χ2n) is 7.96. The molecule has 0 aromatic heterocycles. The topological polar surface area (TPSA) is 79.0 Å². The molecule has 0 spiro atoms. The molecule has 2 fully saturated rings. The number of ether oxygens (including phenoxy) is 1. The van der Waals surface area contributed by atoms with Gasteiger partial charge >= 0.3 is 0 Å². The first-order valence-corrected chi connectivity index (χ1v) is 11.3. The minimum atomic E-state index is -3.49. The number of carbonyl (C=O) groups excluding carboxylic acids is 1. The first-order valence-electron chi connectivity index (χ1n) is 9.94. The molecule has 1 unspecified atom stereocenters. The number of amides is 1. The van der Waals surface area contributed by atoms with Gasteiger partial charge in [-0.05, 0) is 31.2 Å². The summed E-state index contributed by atoms with van der Waals surface area (Å²) in [6, 6.07) is 10.3. The summed E-state index contributed by atoms with van der Waals surface area (Å²) >= 11 is 0. The van der Waals surface area contributed by atoms with Gasteiger partial charge in [0.05, 0.1) is 5.92 Å². The highest BCUT2D eigenvalue weighted by Gasteiger charge is 2.37. The van der Waals surface area contributed by atoms with E-state index in [1.807, 2.05) is 18.2 Å². The first kappa shape index (κ1) is 21.2. The van der Waals surface area contributed by atoms with Gasteiger partial charge in [-0.25, -0.2) is 0 Å². The lowest BCUT2D eigenvalue weighted by Gasteiger charge is -2.39. The zero-order valence-electron chi connectivity index (χ0n) is 16.8. The molecular formula is C20H31N3O4S. The fourth-order valence-corrected chi connectivity index (χ4v) is 5.31. The van der Waals surface area contributed by atoms with Crippen LogP contribution in [0.15, 0.2) is 30.3 Å².